The molecule has 0 saturated heterocycles. The van der Waals surface area contributed by atoms with E-state index in [1.54, 1.807) is 62.8 Å². The smallest absolute Gasteiger partial charge is 0.264 e. The van der Waals surface area contributed by atoms with Gasteiger partial charge in [0.05, 0.1) is 43.3 Å². The van der Waals surface area contributed by atoms with E-state index in [2.05, 4.69) is 5.32 Å². The van der Waals surface area contributed by atoms with Crippen LogP contribution >= 0.6 is 0 Å². The molecule has 0 heterocycles. The third kappa shape index (κ3) is 5.64. The number of sulfonamides is 1. The number of carbonyl (C=O) groups excluding carboxylic acids is 1. The molecular weight excluding hydrogens is 440 g/mol. The second-order valence-corrected chi connectivity index (χ2v) is 9.52. The number of benzene rings is 3. The summed E-state index contributed by atoms with van der Waals surface area (Å²) in [6.45, 7) is 2.17. The number of hydrogen-bond acceptors (Lipinski definition) is 5. The van der Waals surface area contributed by atoms with Gasteiger partial charge in [0, 0.05) is 7.05 Å². The van der Waals surface area contributed by atoms with Crippen molar-refractivity contribution in [1.29, 1.82) is 0 Å². The van der Waals surface area contributed by atoms with Crippen LogP contribution in [-0.2, 0) is 27.8 Å². The number of anilines is 1. The summed E-state index contributed by atoms with van der Waals surface area (Å²) in [5.41, 5.74) is 3.03. The summed E-state index contributed by atoms with van der Waals surface area (Å²) >= 11 is 0. The quantitative estimate of drug-likeness (QED) is 0.518. The maximum Gasteiger partial charge on any atom is 0.264 e. The Bertz CT molecular complexity index is 1180. The first-order valence-electron chi connectivity index (χ1n) is 10.4. The highest BCUT2D eigenvalue weighted by atomic mass is 32.2. The molecular formula is C25H28N2O5S. The van der Waals surface area contributed by atoms with E-state index in [1.165, 1.54) is 11.4 Å². The maximum absolute atomic E-state index is 12.9. The van der Waals surface area contributed by atoms with Crippen molar-refractivity contribution < 1.29 is 22.7 Å². The van der Waals surface area contributed by atoms with Crippen molar-refractivity contribution in [2.45, 2.75) is 24.8 Å². The molecule has 0 aromatic heterocycles. The molecule has 0 saturated carbocycles. The number of carbonyl (C=O) groups is 1. The zero-order chi connectivity index (χ0) is 24.0. The zero-order valence-corrected chi connectivity index (χ0v) is 20.0. The lowest BCUT2D eigenvalue weighted by atomic mass is 10.1. The molecule has 0 spiro atoms. The number of rotatable bonds is 9. The van der Waals surface area contributed by atoms with Gasteiger partial charge < -0.3 is 14.8 Å². The van der Waals surface area contributed by atoms with Crippen molar-refractivity contribution in [3.63, 3.8) is 0 Å². The number of nitrogens with zero attached hydrogens (tertiary/aromatic N) is 1. The molecule has 7 nitrogen and oxygen atoms in total. The average Bonchev–Trinajstić information content (AvgIpc) is 2.82. The molecule has 0 atom stereocenters. The highest BCUT2D eigenvalue weighted by molar-refractivity contribution is 7.92. The van der Waals surface area contributed by atoms with Crippen LogP contribution in [0.1, 0.15) is 16.7 Å². The third-order valence-electron chi connectivity index (χ3n) is 5.34. The Hall–Kier alpha value is -3.52. The fourth-order valence-electron chi connectivity index (χ4n) is 3.37. The molecule has 0 aliphatic rings. The van der Waals surface area contributed by atoms with Crippen LogP contribution in [-0.4, -0.2) is 35.6 Å². The van der Waals surface area contributed by atoms with E-state index < -0.39 is 10.0 Å². The van der Waals surface area contributed by atoms with Crippen molar-refractivity contribution in [1.82, 2.24) is 5.32 Å². The van der Waals surface area contributed by atoms with E-state index in [1.807, 2.05) is 25.1 Å². The van der Waals surface area contributed by atoms with Crippen LogP contribution in [0.15, 0.2) is 71.6 Å². The maximum atomic E-state index is 12.9. The number of amides is 1. The first kappa shape index (κ1) is 24.1. The van der Waals surface area contributed by atoms with Crippen molar-refractivity contribution in [3.8, 4) is 11.5 Å². The molecule has 0 aliphatic heterocycles. The van der Waals surface area contributed by atoms with E-state index in [9.17, 15) is 13.2 Å². The number of hydrogen-bond donors (Lipinski definition) is 1. The minimum atomic E-state index is -3.67. The topological polar surface area (TPSA) is 84.9 Å². The van der Waals surface area contributed by atoms with Crippen LogP contribution in [0.4, 0.5) is 5.69 Å². The Morgan fingerprint density at radius 2 is 1.48 bits per heavy atom. The summed E-state index contributed by atoms with van der Waals surface area (Å²) in [4.78, 5) is 12.7. The van der Waals surface area contributed by atoms with E-state index in [0.717, 1.165) is 16.7 Å². The monoisotopic (exact) mass is 468 g/mol. The van der Waals surface area contributed by atoms with E-state index >= 15 is 0 Å². The molecule has 0 aliphatic carbocycles. The van der Waals surface area contributed by atoms with Crippen LogP contribution in [0, 0.1) is 6.92 Å². The fourth-order valence-corrected chi connectivity index (χ4v) is 4.56. The van der Waals surface area contributed by atoms with Gasteiger partial charge in [0.2, 0.25) is 5.91 Å². The summed E-state index contributed by atoms with van der Waals surface area (Å²) in [5, 5.41) is 2.88. The molecule has 3 aromatic carbocycles. The number of methoxy groups -OCH3 is 2. The zero-order valence-electron chi connectivity index (χ0n) is 19.2. The lowest BCUT2D eigenvalue weighted by Gasteiger charge is -2.20. The molecule has 0 radical (unpaired) electrons. The van der Waals surface area contributed by atoms with Gasteiger partial charge in [-0.1, -0.05) is 35.9 Å². The van der Waals surface area contributed by atoms with Crippen LogP contribution < -0.4 is 19.1 Å². The van der Waals surface area contributed by atoms with Crippen molar-refractivity contribution in [2.24, 2.45) is 0 Å². The predicted molar refractivity (Wildman–Crippen MR) is 128 cm³/mol. The fraction of sp³-hybridized carbons (Fsp3) is 0.240. The standard InChI is InChI=1S/C25H28N2O5S/c1-18-8-14-21(15-9-18)33(29,30)27(2)20-12-10-19(11-13-20)16-25(28)26-17-22-23(31-3)6-5-7-24(22)32-4/h5-15H,16-17H2,1-4H3,(H,26,28). The average molecular weight is 469 g/mol. The van der Waals surface area contributed by atoms with Crippen molar-refractivity contribution >= 4 is 21.6 Å². The summed E-state index contributed by atoms with van der Waals surface area (Å²) in [7, 11) is 0.979. The number of aryl methyl sites for hydroxylation is 1. The lowest BCUT2D eigenvalue weighted by molar-refractivity contribution is -0.120. The van der Waals surface area contributed by atoms with Crippen LogP contribution in [0.3, 0.4) is 0 Å². The van der Waals surface area contributed by atoms with Crippen LogP contribution in [0.25, 0.3) is 0 Å². The van der Waals surface area contributed by atoms with Gasteiger partial charge in [-0.05, 0) is 48.9 Å². The predicted octanol–water partition coefficient (Wildman–Crippen LogP) is 3.70. The Kier molecular flexibility index (Phi) is 7.60. The molecule has 1 amide bonds. The van der Waals surface area contributed by atoms with E-state index in [0.29, 0.717) is 17.2 Å². The normalized spacial score (nSPS) is 11.0. The van der Waals surface area contributed by atoms with Crippen molar-refractivity contribution in [3.05, 3.63) is 83.4 Å². The second kappa shape index (κ2) is 10.4. The highest BCUT2D eigenvalue weighted by Gasteiger charge is 2.21. The largest absolute Gasteiger partial charge is 0.496 e. The number of ether oxygens (including phenoxy) is 2. The van der Waals surface area contributed by atoms with Crippen LogP contribution in [0.2, 0.25) is 0 Å². The van der Waals surface area contributed by atoms with Gasteiger partial charge in [-0.25, -0.2) is 8.42 Å². The molecule has 0 bridgehead atoms. The van der Waals surface area contributed by atoms with Crippen molar-refractivity contribution in [2.75, 3.05) is 25.6 Å². The summed E-state index contributed by atoms with van der Waals surface area (Å²) in [5.74, 6) is 1.10. The minimum absolute atomic E-state index is 0.159. The second-order valence-electron chi connectivity index (χ2n) is 7.55. The summed E-state index contributed by atoms with van der Waals surface area (Å²) in [6.07, 6.45) is 0.159. The Balaban J connectivity index is 1.65. The van der Waals surface area contributed by atoms with Gasteiger partial charge in [-0.3, -0.25) is 9.10 Å². The third-order valence-corrected chi connectivity index (χ3v) is 7.14. The molecule has 174 valence electrons. The van der Waals surface area contributed by atoms with Gasteiger partial charge in [-0.15, -0.1) is 0 Å². The molecule has 8 heteroatoms. The first-order chi connectivity index (χ1) is 15.8. The van der Waals surface area contributed by atoms with Gasteiger partial charge in [0.25, 0.3) is 10.0 Å². The highest BCUT2D eigenvalue weighted by Crippen LogP contribution is 2.28. The van der Waals surface area contributed by atoms with Crippen LogP contribution in [0.5, 0.6) is 11.5 Å². The molecule has 0 fully saturated rings. The Morgan fingerprint density at radius 1 is 0.909 bits per heavy atom. The van der Waals surface area contributed by atoms with Gasteiger partial charge >= 0.3 is 0 Å². The lowest BCUT2D eigenvalue weighted by Crippen LogP contribution is -2.27. The Morgan fingerprint density at radius 3 is 2.03 bits per heavy atom. The first-order valence-corrected chi connectivity index (χ1v) is 11.8. The minimum Gasteiger partial charge on any atom is -0.496 e. The molecule has 0 unspecified atom stereocenters. The summed E-state index contributed by atoms with van der Waals surface area (Å²) in [6, 6.07) is 19.0. The Labute approximate surface area is 195 Å². The van der Waals surface area contributed by atoms with E-state index in [-0.39, 0.29) is 23.8 Å². The number of nitrogens with one attached hydrogen (secondary N) is 1. The van der Waals surface area contributed by atoms with E-state index in [4.69, 9.17) is 9.47 Å². The molecule has 3 rings (SSSR count). The van der Waals surface area contributed by atoms with Gasteiger partial charge in [0.1, 0.15) is 11.5 Å². The molecule has 1 N–H and O–H groups in total. The molecule has 33 heavy (non-hydrogen) atoms. The van der Waals surface area contributed by atoms with Gasteiger partial charge in [0.15, 0.2) is 0 Å². The SMILES string of the molecule is COc1cccc(OC)c1CNC(=O)Cc1ccc(N(C)S(=O)(=O)c2ccc(C)cc2)cc1. The summed E-state index contributed by atoms with van der Waals surface area (Å²) < 4.78 is 37.7. The van der Waals surface area contributed by atoms with Gasteiger partial charge in [-0.2, -0.15) is 0 Å². The molecule has 3 aromatic rings.